The Labute approximate surface area is 181 Å². The first-order valence-corrected chi connectivity index (χ1v) is 10.6. The zero-order valence-corrected chi connectivity index (χ0v) is 17.5. The van der Waals surface area contributed by atoms with Crippen LogP contribution in [0.1, 0.15) is 25.0 Å². The molecule has 3 aromatic heterocycles. The number of benzene rings is 2. The SMILES string of the molecule is CC1(C)c2cc(-c3ccc4ccc(-c5ccccc5)nc4n3)ccc2-c2ncccc21. The van der Waals surface area contributed by atoms with Crippen LogP contribution in [-0.2, 0) is 5.41 Å². The van der Waals surface area contributed by atoms with Crippen LogP contribution in [0, 0.1) is 0 Å². The summed E-state index contributed by atoms with van der Waals surface area (Å²) in [5.41, 5.74) is 9.66. The summed E-state index contributed by atoms with van der Waals surface area (Å²) in [5, 5.41) is 1.04. The van der Waals surface area contributed by atoms with Crippen molar-refractivity contribution in [3.63, 3.8) is 0 Å². The molecular formula is C28H21N3. The van der Waals surface area contributed by atoms with Crippen molar-refractivity contribution in [3.8, 4) is 33.8 Å². The van der Waals surface area contributed by atoms with Crippen LogP contribution < -0.4 is 0 Å². The van der Waals surface area contributed by atoms with Gasteiger partial charge in [0, 0.05) is 33.7 Å². The molecule has 148 valence electrons. The van der Waals surface area contributed by atoms with Gasteiger partial charge in [-0.05, 0) is 47.5 Å². The predicted molar refractivity (Wildman–Crippen MR) is 126 cm³/mol. The van der Waals surface area contributed by atoms with Crippen molar-refractivity contribution < 1.29 is 0 Å². The van der Waals surface area contributed by atoms with Gasteiger partial charge in [0.15, 0.2) is 5.65 Å². The van der Waals surface area contributed by atoms with Crippen LogP contribution in [0.5, 0.6) is 0 Å². The van der Waals surface area contributed by atoms with Gasteiger partial charge < -0.3 is 0 Å². The van der Waals surface area contributed by atoms with Gasteiger partial charge in [-0.15, -0.1) is 0 Å². The minimum absolute atomic E-state index is 0.0789. The van der Waals surface area contributed by atoms with Crippen molar-refractivity contribution in [2.24, 2.45) is 0 Å². The molecule has 0 fully saturated rings. The molecule has 2 aromatic carbocycles. The maximum absolute atomic E-state index is 4.93. The summed E-state index contributed by atoms with van der Waals surface area (Å²) >= 11 is 0. The molecule has 0 spiro atoms. The summed E-state index contributed by atoms with van der Waals surface area (Å²) in [6.07, 6.45) is 1.87. The van der Waals surface area contributed by atoms with Crippen molar-refractivity contribution in [1.82, 2.24) is 15.0 Å². The molecular weight excluding hydrogens is 378 g/mol. The molecule has 0 radical (unpaired) electrons. The van der Waals surface area contributed by atoms with Crippen LogP contribution in [0.2, 0.25) is 0 Å². The normalized spacial score (nSPS) is 13.7. The maximum atomic E-state index is 4.93. The number of hydrogen-bond donors (Lipinski definition) is 0. The highest BCUT2D eigenvalue weighted by molar-refractivity contribution is 5.84. The third-order valence-electron chi connectivity index (χ3n) is 6.35. The molecule has 0 atom stereocenters. The van der Waals surface area contributed by atoms with E-state index in [1.165, 1.54) is 16.7 Å². The zero-order chi connectivity index (χ0) is 21.0. The Morgan fingerprint density at radius 3 is 2.16 bits per heavy atom. The molecule has 6 rings (SSSR count). The van der Waals surface area contributed by atoms with E-state index in [9.17, 15) is 0 Å². The molecule has 1 aliphatic carbocycles. The first kappa shape index (κ1) is 18.0. The summed E-state index contributed by atoms with van der Waals surface area (Å²) in [7, 11) is 0. The summed E-state index contributed by atoms with van der Waals surface area (Å²) in [5.74, 6) is 0. The molecule has 1 aliphatic rings. The van der Waals surface area contributed by atoms with Crippen LogP contribution in [0.15, 0.2) is 91.1 Å². The largest absolute Gasteiger partial charge is 0.256 e. The third-order valence-corrected chi connectivity index (χ3v) is 6.35. The predicted octanol–water partition coefficient (Wildman–Crippen LogP) is 6.67. The van der Waals surface area contributed by atoms with E-state index in [0.717, 1.165) is 39.2 Å². The second-order valence-electron chi connectivity index (χ2n) is 8.59. The third kappa shape index (κ3) is 2.77. The second kappa shape index (κ2) is 6.58. The topological polar surface area (TPSA) is 38.7 Å². The molecule has 3 heteroatoms. The summed E-state index contributed by atoms with van der Waals surface area (Å²) in [4.78, 5) is 14.4. The lowest BCUT2D eigenvalue weighted by Crippen LogP contribution is -2.15. The number of pyridine rings is 3. The first-order chi connectivity index (χ1) is 15.1. The molecule has 5 aromatic rings. The molecule has 0 aliphatic heterocycles. The minimum atomic E-state index is -0.0789. The van der Waals surface area contributed by atoms with Gasteiger partial charge in [-0.2, -0.15) is 0 Å². The monoisotopic (exact) mass is 399 g/mol. The molecule has 0 saturated carbocycles. The van der Waals surface area contributed by atoms with E-state index < -0.39 is 0 Å². The molecule has 3 nitrogen and oxygen atoms in total. The zero-order valence-electron chi connectivity index (χ0n) is 17.5. The van der Waals surface area contributed by atoms with Crippen LogP contribution in [-0.4, -0.2) is 15.0 Å². The van der Waals surface area contributed by atoms with Crippen molar-refractivity contribution in [1.29, 1.82) is 0 Å². The van der Waals surface area contributed by atoms with Crippen LogP contribution in [0.4, 0.5) is 0 Å². The Balaban J connectivity index is 1.47. The highest BCUT2D eigenvalue weighted by Gasteiger charge is 2.36. The highest BCUT2D eigenvalue weighted by atomic mass is 14.9. The van der Waals surface area contributed by atoms with Gasteiger partial charge in [-0.25, -0.2) is 9.97 Å². The van der Waals surface area contributed by atoms with Crippen molar-refractivity contribution >= 4 is 11.0 Å². The lowest BCUT2D eigenvalue weighted by atomic mass is 9.82. The lowest BCUT2D eigenvalue weighted by molar-refractivity contribution is 0.659. The van der Waals surface area contributed by atoms with E-state index in [1.807, 2.05) is 30.5 Å². The molecule has 0 N–H and O–H groups in total. The van der Waals surface area contributed by atoms with Gasteiger partial charge in [-0.3, -0.25) is 4.98 Å². The van der Waals surface area contributed by atoms with Crippen LogP contribution in [0.25, 0.3) is 44.8 Å². The lowest BCUT2D eigenvalue weighted by Gasteiger charge is -2.21. The van der Waals surface area contributed by atoms with Gasteiger partial charge in [0.2, 0.25) is 0 Å². The first-order valence-electron chi connectivity index (χ1n) is 10.6. The molecule has 0 unspecified atom stereocenters. The van der Waals surface area contributed by atoms with Gasteiger partial charge in [-0.1, -0.05) is 62.4 Å². The van der Waals surface area contributed by atoms with E-state index in [2.05, 4.69) is 79.5 Å². The average Bonchev–Trinajstić information content (AvgIpc) is 3.06. The summed E-state index contributed by atoms with van der Waals surface area (Å²) in [6.45, 7) is 4.54. The highest BCUT2D eigenvalue weighted by Crippen LogP contribution is 2.48. The van der Waals surface area contributed by atoms with E-state index in [0.29, 0.717) is 0 Å². The smallest absolute Gasteiger partial charge is 0.160 e. The Bertz CT molecular complexity index is 1450. The fraction of sp³-hybridized carbons (Fsp3) is 0.107. The van der Waals surface area contributed by atoms with E-state index in [4.69, 9.17) is 9.97 Å². The van der Waals surface area contributed by atoms with E-state index in [-0.39, 0.29) is 5.41 Å². The molecule has 0 saturated heterocycles. The molecule has 0 bridgehead atoms. The van der Waals surface area contributed by atoms with Crippen molar-refractivity contribution in [2.45, 2.75) is 19.3 Å². The Morgan fingerprint density at radius 2 is 1.39 bits per heavy atom. The average molecular weight is 399 g/mol. The van der Waals surface area contributed by atoms with Gasteiger partial charge in [0.1, 0.15) is 0 Å². The second-order valence-corrected chi connectivity index (χ2v) is 8.59. The number of rotatable bonds is 2. The van der Waals surface area contributed by atoms with Crippen molar-refractivity contribution in [3.05, 3.63) is 102 Å². The van der Waals surface area contributed by atoms with E-state index in [1.54, 1.807) is 0 Å². The Morgan fingerprint density at radius 1 is 0.645 bits per heavy atom. The number of nitrogens with zero attached hydrogens (tertiary/aromatic N) is 3. The van der Waals surface area contributed by atoms with Crippen LogP contribution >= 0.6 is 0 Å². The van der Waals surface area contributed by atoms with E-state index >= 15 is 0 Å². The Kier molecular flexibility index (Phi) is 3.81. The number of aromatic nitrogens is 3. The van der Waals surface area contributed by atoms with Gasteiger partial charge >= 0.3 is 0 Å². The Hall–Kier alpha value is -3.85. The summed E-state index contributed by atoms with van der Waals surface area (Å²) < 4.78 is 0. The van der Waals surface area contributed by atoms with Crippen molar-refractivity contribution in [2.75, 3.05) is 0 Å². The van der Waals surface area contributed by atoms with Gasteiger partial charge in [0.25, 0.3) is 0 Å². The minimum Gasteiger partial charge on any atom is -0.256 e. The van der Waals surface area contributed by atoms with Gasteiger partial charge in [0.05, 0.1) is 17.1 Å². The number of hydrogen-bond acceptors (Lipinski definition) is 3. The molecule has 3 heterocycles. The quantitative estimate of drug-likeness (QED) is 0.333. The maximum Gasteiger partial charge on any atom is 0.160 e. The molecule has 31 heavy (non-hydrogen) atoms. The fourth-order valence-corrected chi connectivity index (χ4v) is 4.63. The fourth-order valence-electron chi connectivity index (χ4n) is 4.63. The summed E-state index contributed by atoms with van der Waals surface area (Å²) in [6, 6.07) is 29.4. The molecule has 0 amide bonds. The standard InChI is InChI=1S/C28H21N3/c1-28(2)22-9-6-16-29-26(22)21-13-10-20(17-23(21)28)25-15-12-19-11-14-24(30-27(19)31-25)18-7-4-3-5-8-18/h3-17H,1-2H3. The number of fused-ring (bicyclic) bond motifs is 4. The van der Waals surface area contributed by atoms with Crippen LogP contribution in [0.3, 0.4) is 0 Å².